The zero-order valence-corrected chi connectivity index (χ0v) is 13.8. The van der Waals surface area contributed by atoms with Gasteiger partial charge < -0.3 is 4.42 Å². The number of hydrogen-bond donors (Lipinski definition) is 0. The van der Waals surface area contributed by atoms with Crippen molar-refractivity contribution in [3.8, 4) is 22.4 Å². The van der Waals surface area contributed by atoms with Crippen LogP contribution >= 0.6 is 22.9 Å². The van der Waals surface area contributed by atoms with Crippen molar-refractivity contribution in [2.75, 3.05) is 0 Å². The molecule has 25 heavy (non-hydrogen) atoms. The van der Waals surface area contributed by atoms with Gasteiger partial charge in [-0.2, -0.15) is 13.2 Å². The third kappa shape index (κ3) is 3.10. The molecule has 0 atom stereocenters. The van der Waals surface area contributed by atoms with E-state index in [-0.39, 0.29) is 17.3 Å². The van der Waals surface area contributed by atoms with E-state index in [2.05, 4.69) is 15.2 Å². The molecule has 0 fully saturated rings. The van der Waals surface area contributed by atoms with E-state index in [1.807, 2.05) is 0 Å². The quantitative estimate of drug-likeness (QED) is 0.448. The van der Waals surface area contributed by atoms with Gasteiger partial charge in [0.25, 0.3) is 5.89 Å². The summed E-state index contributed by atoms with van der Waals surface area (Å²) >= 11 is 7.11. The second-order valence-corrected chi connectivity index (χ2v) is 6.59. The second kappa shape index (κ2) is 5.82. The van der Waals surface area contributed by atoms with E-state index in [9.17, 15) is 13.2 Å². The predicted molar refractivity (Wildman–Crippen MR) is 88.4 cm³/mol. The fourth-order valence-corrected chi connectivity index (χ4v) is 3.30. The third-order valence-corrected chi connectivity index (χ3v) is 4.65. The van der Waals surface area contributed by atoms with Crippen molar-refractivity contribution in [1.82, 2.24) is 15.2 Å². The first-order chi connectivity index (χ1) is 11.9. The summed E-state index contributed by atoms with van der Waals surface area (Å²) in [5.41, 5.74) is 0.131. The Hall–Kier alpha value is -2.45. The van der Waals surface area contributed by atoms with Crippen LogP contribution in [0.4, 0.5) is 13.2 Å². The Morgan fingerprint density at radius 3 is 2.56 bits per heavy atom. The number of aromatic nitrogens is 3. The van der Waals surface area contributed by atoms with Crippen LogP contribution in [0.3, 0.4) is 0 Å². The standard InChI is InChI=1S/C16H7ClF3N3OS/c17-10-3-1-2-8(6-10)13-22-23-14(24-13)15-21-11-7-9(16(18,19)20)4-5-12(11)25-15/h1-7H. The number of fused-ring (bicyclic) bond motifs is 1. The van der Waals surface area contributed by atoms with Gasteiger partial charge in [-0.25, -0.2) is 4.98 Å². The number of benzene rings is 2. The Morgan fingerprint density at radius 2 is 1.80 bits per heavy atom. The molecule has 0 aliphatic heterocycles. The normalized spacial score (nSPS) is 12.0. The van der Waals surface area contributed by atoms with Crippen molar-refractivity contribution < 1.29 is 17.6 Å². The molecule has 2 aromatic carbocycles. The SMILES string of the molecule is FC(F)(F)c1ccc2sc(-c3nnc(-c4cccc(Cl)c4)o3)nc2c1. The van der Waals surface area contributed by atoms with E-state index in [4.69, 9.17) is 16.0 Å². The Morgan fingerprint density at radius 1 is 1.00 bits per heavy atom. The van der Waals surface area contributed by atoms with Gasteiger partial charge in [0.15, 0.2) is 5.01 Å². The molecule has 0 aliphatic rings. The summed E-state index contributed by atoms with van der Waals surface area (Å²) in [5, 5.41) is 8.75. The van der Waals surface area contributed by atoms with Gasteiger partial charge in [-0.3, -0.25) is 0 Å². The zero-order chi connectivity index (χ0) is 17.6. The molecule has 0 spiro atoms. The van der Waals surface area contributed by atoms with Crippen molar-refractivity contribution in [3.63, 3.8) is 0 Å². The van der Waals surface area contributed by atoms with Crippen LogP contribution in [-0.4, -0.2) is 15.2 Å². The molecule has 126 valence electrons. The predicted octanol–water partition coefficient (Wildman–Crippen LogP) is 5.69. The smallest absolute Gasteiger partial charge is 0.414 e. The number of hydrogen-bond acceptors (Lipinski definition) is 5. The zero-order valence-electron chi connectivity index (χ0n) is 12.2. The van der Waals surface area contributed by atoms with Crippen LogP contribution in [0.15, 0.2) is 46.9 Å². The van der Waals surface area contributed by atoms with Crippen LogP contribution in [0.1, 0.15) is 5.56 Å². The van der Waals surface area contributed by atoms with Crippen LogP contribution in [0.25, 0.3) is 32.6 Å². The van der Waals surface area contributed by atoms with Gasteiger partial charge in [-0.05, 0) is 36.4 Å². The molecular formula is C16H7ClF3N3OS. The Balaban J connectivity index is 1.73. The first-order valence-corrected chi connectivity index (χ1v) is 8.17. The molecule has 0 radical (unpaired) electrons. The molecule has 4 nitrogen and oxygen atoms in total. The molecule has 0 saturated heterocycles. The van der Waals surface area contributed by atoms with Gasteiger partial charge in [0, 0.05) is 10.6 Å². The van der Waals surface area contributed by atoms with Gasteiger partial charge in [-0.15, -0.1) is 21.5 Å². The highest BCUT2D eigenvalue weighted by molar-refractivity contribution is 7.21. The van der Waals surface area contributed by atoms with E-state index in [1.165, 1.54) is 17.4 Å². The molecule has 9 heteroatoms. The van der Waals surface area contributed by atoms with Crippen LogP contribution in [0, 0.1) is 0 Å². The fourth-order valence-electron chi connectivity index (χ4n) is 2.24. The average molecular weight is 382 g/mol. The number of halogens is 4. The summed E-state index contributed by atoms with van der Waals surface area (Å²) in [6, 6.07) is 10.3. The van der Waals surface area contributed by atoms with Crippen LogP contribution in [0.2, 0.25) is 5.02 Å². The number of nitrogens with zero attached hydrogens (tertiary/aromatic N) is 3. The summed E-state index contributed by atoms with van der Waals surface area (Å²) in [6.07, 6.45) is -4.41. The lowest BCUT2D eigenvalue weighted by Crippen LogP contribution is -2.03. The monoisotopic (exact) mass is 381 g/mol. The van der Waals surface area contributed by atoms with Gasteiger partial charge >= 0.3 is 6.18 Å². The van der Waals surface area contributed by atoms with Gasteiger partial charge in [0.2, 0.25) is 5.89 Å². The van der Waals surface area contributed by atoms with Crippen molar-refractivity contribution >= 4 is 33.2 Å². The highest BCUT2D eigenvalue weighted by atomic mass is 35.5. The largest absolute Gasteiger partial charge is 0.416 e. The van der Waals surface area contributed by atoms with Gasteiger partial charge in [0.05, 0.1) is 15.8 Å². The van der Waals surface area contributed by atoms with Crippen molar-refractivity contribution in [1.29, 1.82) is 0 Å². The minimum atomic E-state index is -4.41. The second-order valence-electron chi connectivity index (χ2n) is 5.12. The Bertz CT molecular complexity index is 1070. The lowest BCUT2D eigenvalue weighted by Gasteiger charge is -2.04. The molecule has 0 unspecified atom stereocenters. The lowest BCUT2D eigenvalue weighted by atomic mass is 10.2. The molecule has 0 aliphatic carbocycles. The van der Waals surface area contributed by atoms with Crippen LogP contribution < -0.4 is 0 Å². The highest BCUT2D eigenvalue weighted by Crippen LogP contribution is 2.35. The Kier molecular flexibility index (Phi) is 3.73. The molecule has 4 aromatic rings. The number of rotatable bonds is 2. The van der Waals surface area contributed by atoms with E-state index < -0.39 is 11.7 Å². The molecule has 0 N–H and O–H groups in total. The number of alkyl halides is 3. The maximum atomic E-state index is 12.8. The van der Waals surface area contributed by atoms with E-state index in [0.29, 0.717) is 20.3 Å². The lowest BCUT2D eigenvalue weighted by molar-refractivity contribution is -0.137. The topological polar surface area (TPSA) is 51.8 Å². The highest BCUT2D eigenvalue weighted by Gasteiger charge is 2.31. The fraction of sp³-hybridized carbons (Fsp3) is 0.0625. The van der Waals surface area contributed by atoms with Crippen molar-refractivity contribution in [2.24, 2.45) is 0 Å². The minimum Gasteiger partial charge on any atom is -0.414 e. The van der Waals surface area contributed by atoms with Gasteiger partial charge in [0.1, 0.15) is 0 Å². The van der Waals surface area contributed by atoms with E-state index in [1.54, 1.807) is 24.3 Å². The summed E-state index contributed by atoms with van der Waals surface area (Å²) in [4.78, 5) is 4.18. The molecular weight excluding hydrogens is 375 g/mol. The van der Waals surface area contributed by atoms with E-state index in [0.717, 1.165) is 12.1 Å². The molecule has 2 aromatic heterocycles. The van der Waals surface area contributed by atoms with Crippen LogP contribution in [0.5, 0.6) is 0 Å². The van der Waals surface area contributed by atoms with Crippen molar-refractivity contribution in [2.45, 2.75) is 6.18 Å². The average Bonchev–Trinajstić information content (AvgIpc) is 3.20. The van der Waals surface area contributed by atoms with Gasteiger partial charge in [-0.1, -0.05) is 17.7 Å². The summed E-state index contributed by atoms with van der Waals surface area (Å²) in [7, 11) is 0. The minimum absolute atomic E-state index is 0.143. The van der Waals surface area contributed by atoms with Crippen molar-refractivity contribution in [3.05, 3.63) is 53.1 Å². The molecule has 2 heterocycles. The summed E-state index contributed by atoms with van der Waals surface area (Å²) < 4.78 is 44.6. The first-order valence-electron chi connectivity index (χ1n) is 6.98. The summed E-state index contributed by atoms with van der Waals surface area (Å²) in [6.45, 7) is 0. The molecule has 0 amide bonds. The third-order valence-electron chi connectivity index (χ3n) is 3.39. The Labute approximate surface area is 147 Å². The molecule has 4 rings (SSSR count). The summed E-state index contributed by atoms with van der Waals surface area (Å²) in [5.74, 6) is 0.400. The maximum absolute atomic E-state index is 12.8. The first kappa shape index (κ1) is 16.0. The molecule has 0 bridgehead atoms. The molecule has 0 saturated carbocycles. The maximum Gasteiger partial charge on any atom is 0.416 e. The van der Waals surface area contributed by atoms with Crippen LogP contribution in [-0.2, 0) is 6.18 Å². The van der Waals surface area contributed by atoms with E-state index >= 15 is 0 Å². The number of thiazole rings is 1.